The van der Waals surface area contributed by atoms with Crippen molar-refractivity contribution in [1.29, 1.82) is 0 Å². The molecule has 0 aliphatic carbocycles. The summed E-state index contributed by atoms with van der Waals surface area (Å²) in [7, 11) is 0. The number of nitrogens with zero attached hydrogens (tertiary/aromatic N) is 1. The van der Waals surface area contributed by atoms with Crippen LogP contribution in [-0.4, -0.2) is 16.4 Å². The highest BCUT2D eigenvalue weighted by Gasteiger charge is 2.26. The van der Waals surface area contributed by atoms with Crippen molar-refractivity contribution in [1.82, 2.24) is 10.5 Å². The van der Waals surface area contributed by atoms with Crippen LogP contribution in [0.15, 0.2) is 51.5 Å². The molecule has 27 heavy (non-hydrogen) atoms. The molecule has 140 valence electrons. The summed E-state index contributed by atoms with van der Waals surface area (Å²) in [6, 6.07) is 11.3. The molecule has 2 N–H and O–H groups in total. The highest BCUT2D eigenvalue weighted by Crippen LogP contribution is 2.34. The third-order valence-corrected chi connectivity index (χ3v) is 5.25. The van der Waals surface area contributed by atoms with Gasteiger partial charge in [-0.3, -0.25) is 0 Å². The summed E-state index contributed by atoms with van der Waals surface area (Å²) < 4.78 is 20.6. The summed E-state index contributed by atoms with van der Waals surface area (Å²) in [5.74, 6) is 0.0861. The second-order valence-corrected chi connectivity index (χ2v) is 7.13. The molecule has 0 bridgehead atoms. The van der Waals surface area contributed by atoms with Crippen molar-refractivity contribution in [3.63, 3.8) is 0 Å². The minimum Gasteiger partial charge on any atom is -0.465 e. The van der Waals surface area contributed by atoms with Crippen molar-refractivity contribution >= 4 is 22.0 Å². The molecule has 0 unspecified atom stereocenters. The van der Waals surface area contributed by atoms with Crippen molar-refractivity contribution in [2.24, 2.45) is 0 Å². The van der Waals surface area contributed by atoms with Crippen LogP contribution in [0.1, 0.15) is 28.4 Å². The highest BCUT2D eigenvalue weighted by atomic mass is 79.9. The fraction of sp³-hybridized carbons (Fsp3) is 0.200. The smallest absolute Gasteiger partial charge is 0.405 e. The van der Waals surface area contributed by atoms with E-state index in [1.807, 2.05) is 25.1 Å². The maximum absolute atomic E-state index is 14.1. The van der Waals surface area contributed by atoms with Gasteiger partial charge in [0.1, 0.15) is 5.82 Å². The van der Waals surface area contributed by atoms with Gasteiger partial charge in [-0.05, 0) is 49.2 Å². The molecule has 0 saturated carbocycles. The molecule has 7 heteroatoms. The fourth-order valence-electron chi connectivity index (χ4n) is 3.04. The van der Waals surface area contributed by atoms with Crippen molar-refractivity contribution < 1.29 is 18.8 Å². The van der Waals surface area contributed by atoms with E-state index in [0.717, 1.165) is 15.6 Å². The van der Waals surface area contributed by atoms with Gasteiger partial charge in [-0.25, -0.2) is 9.18 Å². The molecule has 0 aliphatic heterocycles. The first-order chi connectivity index (χ1) is 12.9. The first-order valence-corrected chi connectivity index (χ1v) is 9.11. The largest absolute Gasteiger partial charge is 0.465 e. The van der Waals surface area contributed by atoms with E-state index in [4.69, 9.17) is 4.52 Å². The molecule has 0 fully saturated rings. The first kappa shape index (κ1) is 19.1. The molecule has 1 atom stereocenters. The second-order valence-electron chi connectivity index (χ2n) is 6.27. The predicted molar refractivity (Wildman–Crippen MR) is 103 cm³/mol. The van der Waals surface area contributed by atoms with Gasteiger partial charge in [0, 0.05) is 22.0 Å². The van der Waals surface area contributed by atoms with Crippen molar-refractivity contribution in [3.8, 4) is 11.3 Å². The molecule has 3 rings (SSSR count). The van der Waals surface area contributed by atoms with Crippen LogP contribution in [0.3, 0.4) is 0 Å². The molecule has 2 aromatic carbocycles. The minimum absolute atomic E-state index is 0.142. The normalized spacial score (nSPS) is 12.0. The number of benzene rings is 2. The lowest BCUT2D eigenvalue weighted by Gasteiger charge is -2.18. The molecule has 3 aromatic rings. The summed E-state index contributed by atoms with van der Waals surface area (Å²) in [4.78, 5) is 11.4. The van der Waals surface area contributed by atoms with Gasteiger partial charge < -0.3 is 14.9 Å². The van der Waals surface area contributed by atoms with E-state index in [1.165, 1.54) is 6.07 Å². The average Bonchev–Trinajstić information content (AvgIpc) is 3.00. The SMILES string of the molecule is Cc1cc(-c2onc(C)c2[C@@H](Cc2ccccc2F)NC(=O)O)ccc1Br. The average molecular weight is 433 g/mol. The molecule has 0 aliphatic rings. The maximum Gasteiger partial charge on any atom is 0.405 e. The number of amides is 1. The Morgan fingerprint density at radius 1 is 1.30 bits per heavy atom. The standard InChI is InChI=1S/C20H18BrFN2O3/c1-11-9-14(7-8-15(11)21)19-18(12(2)24-27-19)17(23-20(25)26)10-13-5-3-4-6-16(13)22/h3-9,17,23H,10H2,1-2H3,(H,25,26)/t17-/m1/s1. The number of hydrogen-bond acceptors (Lipinski definition) is 3. The van der Waals surface area contributed by atoms with E-state index in [9.17, 15) is 14.3 Å². The molecule has 1 heterocycles. The van der Waals surface area contributed by atoms with Gasteiger partial charge in [-0.15, -0.1) is 0 Å². The Hall–Kier alpha value is -2.67. The van der Waals surface area contributed by atoms with E-state index in [1.54, 1.807) is 25.1 Å². The summed E-state index contributed by atoms with van der Waals surface area (Å²) in [6.07, 6.45) is -1.06. The summed E-state index contributed by atoms with van der Waals surface area (Å²) in [5, 5.41) is 15.8. The topological polar surface area (TPSA) is 75.4 Å². The quantitative estimate of drug-likeness (QED) is 0.564. The summed E-state index contributed by atoms with van der Waals surface area (Å²) in [5.41, 5.74) is 3.35. The zero-order valence-corrected chi connectivity index (χ0v) is 16.4. The molecule has 1 aromatic heterocycles. The van der Waals surface area contributed by atoms with Crippen LogP contribution in [0.2, 0.25) is 0 Å². The fourth-order valence-corrected chi connectivity index (χ4v) is 3.29. The number of halogens is 2. The van der Waals surface area contributed by atoms with E-state index in [2.05, 4.69) is 26.4 Å². The van der Waals surface area contributed by atoms with Gasteiger partial charge in [0.25, 0.3) is 0 Å². The van der Waals surface area contributed by atoms with Gasteiger partial charge in [-0.2, -0.15) is 0 Å². The van der Waals surface area contributed by atoms with Gasteiger partial charge in [0.2, 0.25) is 0 Å². The second kappa shape index (κ2) is 7.92. The monoisotopic (exact) mass is 432 g/mol. The predicted octanol–water partition coefficient (Wildman–Crippen LogP) is 5.41. The number of hydrogen-bond donors (Lipinski definition) is 2. The maximum atomic E-state index is 14.1. The first-order valence-electron chi connectivity index (χ1n) is 8.32. The molecule has 0 spiro atoms. The van der Waals surface area contributed by atoms with E-state index in [0.29, 0.717) is 22.6 Å². The molecule has 5 nitrogen and oxygen atoms in total. The van der Waals surface area contributed by atoms with Gasteiger partial charge in [0.15, 0.2) is 5.76 Å². The zero-order chi connectivity index (χ0) is 19.6. The molecular formula is C20H18BrFN2O3. The van der Waals surface area contributed by atoms with Crippen molar-refractivity contribution in [2.75, 3.05) is 0 Å². The van der Waals surface area contributed by atoms with Gasteiger partial charge >= 0.3 is 6.09 Å². The number of rotatable bonds is 5. The van der Waals surface area contributed by atoms with Crippen LogP contribution < -0.4 is 5.32 Å². The zero-order valence-electron chi connectivity index (χ0n) is 14.8. The van der Waals surface area contributed by atoms with Crippen molar-refractivity contribution in [3.05, 3.63) is 75.1 Å². The van der Waals surface area contributed by atoms with Crippen LogP contribution in [0, 0.1) is 19.7 Å². The van der Waals surface area contributed by atoms with Crippen LogP contribution >= 0.6 is 15.9 Å². The van der Waals surface area contributed by atoms with E-state index < -0.39 is 12.1 Å². The van der Waals surface area contributed by atoms with Gasteiger partial charge in [0.05, 0.1) is 11.7 Å². The van der Waals surface area contributed by atoms with Crippen LogP contribution in [-0.2, 0) is 6.42 Å². The number of aryl methyl sites for hydroxylation is 2. The molecule has 0 radical (unpaired) electrons. The number of aromatic nitrogens is 1. The van der Waals surface area contributed by atoms with Crippen LogP contribution in [0.25, 0.3) is 11.3 Å². The van der Waals surface area contributed by atoms with E-state index >= 15 is 0 Å². The highest BCUT2D eigenvalue weighted by molar-refractivity contribution is 9.10. The molecular weight excluding hydrogens is 415 g/mol. The Kier molecular flexibility index (Phi) is 5.60. The Bertz CT molecular complexity index is 987. The Labute approximate surface area is 164 Å². The Morgan fingerprint density at radius 2 is 2.04 bits per heavy atom. The summed E-state index contributed by atoms with van der Waals surface area (Å²) >= 11 is 3.46. The summed E-state index contributed by atoms with van der Waals surface area (Å²) in [6.45, 7) is 3.69. The van der Waals surface area contributed by atoms with Gasteiger partial charge in [-0.1, -0.05) is 39.3 Å². The molecule has 0 saturated heterocycles. The minimum atomic E-state index is -1.20. The number of nitrogens with one attached hydrogen (secondary N) is 1. The lowest BCUT2D eigenvalue weighted by atomic mass is 9.94. The number of carboxylic acid groups (broad SMARTS) is 1. The lowest BCUT2D eigenvalue weighted by molar-refractivity contribution is 0.189. The molecule has 1 amide bonds. The third-order valence-electron chi connectivity index (χ3n) is 4.36. The Morgan fingerprint density at radius 3 is 2.70 bits per heavy atom. The van der Waals surface area contributed by atoms with Crippen LogP contribution in [0.5, 0.6) is 0 Å². The van der Waals surface area contributed by atoms with Crippen molar-refractivity contribution in [2.45, 2.75) is 26.3 Å². The van der Waals surface area contributed by atoms with Crippen LogP contribution in [0.4, 0.5) is 9.18 Å². The van der Waals surface area contributed by atoms with E-state index in [-0.39, 0.29) is 12.2 Å². The lowest BCUT2D eigenvalue weighted by Crippen LogP contribution is -2.29. The third kappa shape index (κ3) is 4.19. The Balaban J connectivity index is 2.07. The number of carbonyl (C=O) groups is 1.